The van der Waals surface area contributed by atoms with Crippen molar-refractivity contribution in [3.8, 4) is 11.3 Å². The fourth-order valence-corrected chi connectivity index (χ4v) is 1.05. The molecule has 0 aromatic heterocycles. The van der Waals surface area contributed by atoms with Crippen LogP contribution in [0.2, 0.25) is 0 Å². The van der Waals surface area contributed by atoms with E-state index in [-0.39, 0.29) is 15.9 Å². The lowest BCUT2D eigenvalue weighted by Crippen LogP contribution is -2.05. The van der Waals surface area contributed by atoms with Crippen molar-refractivity contribution in [2.45, 2.75) is 0 Å². The molecule has 0 saturated carbocycles. The second-order valence-electron chi connectivity index (χ2n) is 2.54. The van der Waals surface area contributed by atoms with Gasteiger partial charge in [-0.05, 0) is 12.1 Å². The van der Waals surface area contributed by atoms with Crippen molar-refractivity contribution >= 4 is 0 Å². The molecule has 66 valence electrons. The predicted octanol–water partition coefficient (Wildman–Crippen LogP) is 1.22. The first-order chi connectivity index (χ1) is 6.16. The van der Waals surface area contributed by atoms with Gasteiger partial charge >= 0.3 is 6.08 Å². The summed E-state index contributed by atoms with van der Waals surface area (Å²) in [5.41, 5.74) is 0.249. The number of nitrogens with zero attached hydrogens (tertiary/aromatic N) is 2. The lowest BCUT2D eigenvalue weighted by Gasteiger charge is -2.03. The first kappa shape index (κ1) is 7.85. The van der Waals surface area contributed by atoms with Crippen LogP contribution in [0.3, 0.4) is 0 Å². The molecule has 13 heavy (non-hydrogen) atoms. The molecule has 0 radical (unpaired) electrons. The van der Waals surface area contributed by atoms with Gasteiger partial charge in [0.1, 0.15) is 0 Å². The van der Waals surface area contributed by atoms with E-state index in [1.54, 1.807) is 0 Å². The molecule has 0 saturated heterocycles. The van der Waals surface area contributed by atoms with E-state index in [0.29, 0.717) is 5.56 Å². The van der Waals surface area contributed by atoms with Crippen LogP contribution in [-0.2, 0) is 0 Å². The van der Waals surface area contributed by atoms with Crippen molar-refractivity contribution in [2.24, 2.45) is 0 Å². The number of halogens is 2. The lowest BCUT2D eigenvalue weighted by atomic mass is 10.1. The van der Waals surface area contributed by atoms with Gasteiger partial charge in [-0.15, -0.1) is 4.79 Å². The summed E-state index contributed by atoms with van der Waals surface area (Å²) in [5.74, 6) is 0. The first-order valence-corrected chi connectivity index (χ1v) is 3.52. The minimum absolute atomic E-state index is 0.152. The number of benzene rings is 1. The molecule has 0 amide bonds. The molecule has 0 N–H and O–H groups in total. The molecule has 3 nitrogen and oxygen atoms in total. The van der Waals surface area contributed by atoms with Crippen LogP contribution in [-0.4, -0.2) is 9.77 Å². The highest BCUT2D eigenvalue weighted by molar-refractivity contribution is 5.58. The molecule has 2 rings (SSSR count). The molecule has 1 aliphatic heterocycles. The maximum Gasteiger partial charge on any atom is 0.318 e. The van der Waals surface area contributed by atoms with Crippen LogP contribution in [0.1, 0.15) is 0 Å². The standard InChI is InChI=1S/C8H4F2N2O/c9-8-11-7-3-6(13)2-1-5(7)4-12(8)10/h1-4H. The molecule has 1 heterocycles. The number of fused-ring (bicyclic) bond motifs is 1. The molecule has 2 aliphatic rings. The maximum absolute atomic E-state index is 12.6. The first-order valence-electron chi connectivity index (χ1n) is 3.52. The third kappa shape index (κ3) is 1.28. The summed E-state index contributed by atoms with van der Waals surface area (Å²) >= 11 is 0. The number of rotatable bonds is 0. The fourth-order valence-electron chi connectivity index (χ4n) is 1.05. The Morgan fingerprint density at radius 1 is 1.38 bits per heavy atom. The monoisotopic (exact) mass is 182 g/mol. The van der Waals surface area contributed by atoms with E-state index in [1.807, 2.05) is 0 Å². The Morgan fingerprint density at radius 3 is 2.92 bits per heavy atom. The van der Waals surface area contributed by atoms with Gasteiger partial charge in [0.2, 0.25) is 0 Å². The van der Waals surface area contributed by atoms with Crippen molar-refractivity contribution in [2.75, 3.05) is 0 Å². The maximum atomic E-state index is 12.6. The summed E-state index contributed by atoms with van der Waals surface area (Å²) < 4.78 is 25.1. The van der Waals surface area contributed by atoms with E-state index in [9.17, 15) is 13.7 Å². The average Bonchev–Trinajstić information content (AvgIpc) is 2.08. The SMILES string of the molecule is O=c1ccc2cn(F)c(F)nc-2c1. The predicted molar refractivity (Wildman–Crippen MR) is 41.6 cm³/mol. The van der Waals surface area contributed by atoms with Crippen LogP contribution in [0.15, 0.2) is 29.2 Å². The minimum atomic E-state index is -1.27. The second-order valence-corrected chi connectivity index (χ2v) is 2.54. The second kappa shape index (κ2) is 2.62. The van der Waals surface area contributed by atoms with Gasteiger partial charge in [0.05, 0.1) is 11.9 Å². The Hall–Kier alpha value is -1.78. The normalized spacial score (nSPS) is 10.6. The Balaban J connectivity index is 2.83. The highest BCUT2D eigenvalue weighted by atomic mass is 19.2. The Labute approximate surface area is 71.5 Å². The topological polar surface area (TPSA) is 34.9 Å². The largest absolute Gasteiger partial charge is 0.318 e. The summed E-state index contributed by atoms with van der Waals surface area (Å²) in [6.07, 6.45) is -0.338. The number of hydrogen-bond acceptors (Lipinski definition) is 2. The van der Waals surface area contributed by atoms with E-state index in [0.717, 1.165) is 12.3 Å². The Kier molecular flexibility index (Phi) is 1.58. The van der Waals surface area contributed by atoms with Crippen LogP contribution in [0, 0.1) is 6.08 Å². The van der Waals surface area contributed by atoms with Gasteiger partial charge in [-0.2, -0.15) is 4.39 Å². The molecule has 0 aromatic carbocycles. The van der Waals surface area contributed by atoms with E-state index < -0.39 is 6.08 Å². The third-order valence-corrected chi connectivity index (χ3v) is 1.64. The van der Waals surface area contributed by atoms with Gasteiger partial charge in [0.15, 0.2) is 5.43 Å². The van der Waals surface area contributed by atoms with Gasteiger partial charge in [0.25, 0.3) is 0 Å². The minimum Gasteiger partial charge on any atom is -0.290 e. The van der Waals surface area contributed by atoms with Crippen molar-refractivity contribution < 1.29 is 8.87 Å². The lowest BCUT2D eigenvalue weighted by molar-refractivity contribution is 0.277. The van der Waals surface area contributed by atoms with Crippen molar-refractivity contribution in [1.82, 2.24) is 9.77 Å². The average molecular weight is 182 g/mol. The highest BCUT2D eigenvalue weighted by Gasteiger charge is 2.08. The van der Waals surface area contributed by atoms with Crippen molar-refractivity contribution in [1.29, 1.82) is 0 Å². The molecule has 0 spiro atoms. The van der Waals surface area contributed by atoms with Gasteiger partial charge < -0.3 is 0 Å². The number of aromatic nitrogens is 2. The zero-order chi connectivity index (χ0) is 9.42. The van der Waals surface area contributed by atoms with Gasteiger partial charge in [-0.1, -0.05) is 4.48 Å². The Bertz CT molecular complexity index is 480. The number of hydrogen-bond donors (Lipinski definition) is 0. The zero-order valence-electron chi connectivity index (χ0n) is 6.37. The molecule has 0 fully saturated rings. The van der Waals surface area contributed by atoms with Crippen molar-refractivity contribution in [3.63, 3.8) is 0 Å². The van der Waals surface area contributed by atoms with Crippen LogP contribution >= 0.6 is 0 Å². The van der Waals surface area contributed by atoms with Gasteiger partial charge in [-0.25, -0.2) is 4.98 Å². The molecular formula is C8H4F2N2O. The molecule has 0 aromatic rings. The van der Waals surface area contributed by atoms with Crippen LogP contribution in [0.5, 0.6) is 0 Å². The molecule has 0 atom stereocenters. The molecule has 1 aliphatic carbocycles. The summed E-state index contributed by atoms with van der Waals surface area (Å²) in [5, 5.41) is 0. The quantitative estimate of drug-likeness (QED) is 0.574. The third-order valence-electron chi connectivity index (χ3n) is 1.64. The van der Waals surface area contributed by atoms with Gasteiger partial charge in [-0.3, -0.25) is 4.79 Å². The van der Waals surface area contributed by atoms with E-state index in [1.165, 1.54) is 12.1 Å². The smallest absolute Gasteiger partial charge is 0.290 e. The molecule has 5 heteroatoms. The van der Waals surface area contributed by atoms with E-state index in [2.05, 4.69) is 4.98 Å². The molecular weight excluding hydrogens is 178 g/mol. The van der Waals surface area contributed by atoms with E-state index >= 15 is 0 Å². The summed E-state index contributed by atoms with van der Waals surface area (Å²) in [6, 6.07) is 3.81. The van der Waals surface area contributed by atoms with E-state index in [4.69, 9.17) is 0 Å². The summed E-state index contributed by atoms with van der Waals surface area (Å²) in [7, 11) is 0. The fraction of sp³-hybridized carbons (Fsp3) is 0. The van der Waals surface area contributed by atoms with Gasteiger partial charge in [0, 0.05) is 11.6 Å². The molecule has 0 unspecified atom stereocenters. The highest BCUT2D eigenvalue weighted by Crippen LogP contribution is 2.16. The summed E-state index contributed by atoms with van der Waals surface area (Å²) in [6.45, 7) is 0. The Morgan fingerprint density at radius 2 is 2.15 bits per heavy atom. The molecule has 0 bridgehead atoms. The zero-order valence-corrected chi connectivity index (χ0v) is 6.37. The van der Waals surface area contributed by atoms with Crippen LogP contribution < -0.4 is 5.43 Å². The van der Waals surface area contributed by atoms with Crippen LogP contribution in [0.25, 0.3) is 11.3 Å². The van der Waals surface area contributed by atoms with Crippen LogP contribution in [0.4, 0.5) is 8.87 Å². The van der Waals surface area contributed by atoms with Crippen molar-refractivity contribution in [3.05, 3.63) is 40.7 Å². The summed E-state index contributed by atoms with van der Waals surface area (Å²) in [4.78, 5) is 13.8.